The zero-order valence-corrected chi connectivity index (χ0v) is 22.3. The largest absolute Gasteiger partial charge is 0.478 e. The van der Waals surface area contributed by atoms with Crippen LogP contribution in [-0.4, -0.2) is 70.4 Å². The number of piperidine rings is 1. The first-order chi connectivity index (χ1) is 15.3. The second-order valence-electron chi connectivity index (χ2n) is 10.8. The molecule has 0 aromatic carbocycles. The van der Waals surface area contributed by atoms with Gasteiger partial charge in [-0.05, 0) is 51.0 Å². The van der Waals surface area contributed by atoms with Crippen molar-refractivity contribution in [1.82, 2.24) is 15.1 Å². The molecule has 0 aromatic heterocycles. The summed E-state index contributed by atoms with van der Waals surface area (Å²) in [5, 5.41) is 12.5. The number of likely N-dealkylation sites (N-methyl/N-ethyl adjacent to an activating group) is 1. The van der Waals surface area contributed by atoms with Gasteiger partial charge in [0.05, 0.1) is 12.1 Å². The maximum absolute atomic E-state index is 13.7. The fraction of sp³-hybridized carbons (Fsp3) is 0.808. The molecule has 1 aliphatic rings. The molecule has 1 saturated heterocycles. The molecule has 190 valence electrons. The van der Waals surface area contributed by atoms with E-state index in [1.54, 1.807) is 24.9 Å². The van der Waals surface area contributed by atoms with Gasteiger partial charge in [-0.1, -0.05) is 60.5 Å². The van der Waals surface area contributed by atoms with Crippen molar-refractivity contribution in [3.63, 3.8) is 0 Å². The Kier molecular flexibility index (Phi) is 11.1. The van der Waals surface area contributed by atoms with Crippen molar-refractivity contribution < 1.29 is 19.5 Å². The number of aliphatic carboxylic acids is 1. The molecular formula is C26H47N3O4. The highest BCUT2D eigenvalue weighted by atomic mass is 16.4. The first-order valence-electron chi connectivity index (χ1n) is 12.5. The molecule has 7 nitrogen and oxygen atoms in total. The minimum atomic E-state index is -0.993. The van der Waals surface area contributed by atoms with Crippen LogP contribution in [0.15, 0.2) is 11.6 Å². The molecule has 7 heteroatoms. The lowest BCUT2D eigenvalue weighted by molar-refractivity contribution is -0.142. The number of likely N-dealkylation sites (tertiary alicyclic amines) is 1. The molecule has 0 spiro atoms. The zero-order valence-electron chi connectivity index (χ0n) is 22.3. The van der Waals surface area contributed by atoms with Gasteiger partial charge in [-0.15, -0.1) is 0 Å². The van der Waals surface area contributed by atoms with Gasteiger partial charge in [0.2, 0.25) is 11.8 Å². The number of hydrogen-bond acceptors (Lipinski definition) is 4. The fourth-order valence-corrected chi connectivity index (χ4v) is 4.46. The molecule has 0 aromatic rings. The second-order valence-corrected chi connectivity index (χ2v) is 10.8. The Morgan fingerprint density at radius 2 is 1.76 bits per heavy atom. The Hall–Kier alpha value is -1.89. The molecule has 2 N–H and O–H groups in total. The maximum atomic E-state index is 13.7. The van der Waals surface area contributed by atoms with Crippen molar-refractivity contribution in [2.45, 2.75) is 112 Å². The van der Waals surface area contributed by atoms with Gasteiger partial charge >= 0.3 is 5.97 Å². The van der Waals surface area contributed by atoms with Gasteiger partial charge in [-0.25, -0.2) is 4.79 Å². The minimum absolute atomic E-state index is 0.0730. The predicted molar refractivity (Wildman–Crippen MR) is 133 cm³/mol. The summed E-state index contributed by atoms with van der Waals surface area (Å²) in [4.78, 5) is 42.5. The highest BCUT2D eigenvalue weighted by Gasteiger charge is 2.40. The Bertz CT molecular complexity index is 713. The summed E-state index contributed by atoms with van der Waals surface area (Å²) in [5.41, 5.74) is -0.287. The van der Waals surface area contributed by atoms with Gasteiger partial charge in [-0.2, -0.15) is 0 Å². The summed E-state index contributed by atoms with van der Waals surface area (Å²) >= 11 is 0. The topological polar surface area (TPSA) is 90.0 Å². The fourth-order valence-electron chi connectivity index (χ4n) is 4.46. The van der Waals surface area contributed by atoms with Gasteiger partial charge in [0.25, 0.3) is 0 Å². The van der Waals surface area contributed by atoms with Crippen molar-refractivity contribution in [1.29, 1.82) is 0 Å². The van der Waals surface area contributed by atoms with E-state index < -0.39 is 17.4 Å². The summed E-state index contributed by atoms with van der Waals surface area (Å²) in [5.74, 6) is -1.20. The lowest BCUT2D eigenvalue weighted by Crippen LogP contribution is -2.60. The number of carboxylic acids is 1. The zero-order chi connectivity index (χ0) is 25.5. The van der Waals surface area contributed by atoms with Crippen LogP contribution < -0.4 is 5.32 Å². The summed E-state index contributed by atoms with van der Waals surface area (Å²) in [6, 6.07) is -0.991. The molecule has 0 aliphatic carbocycles. The second kappa shape index (κ2) is 12.5. The third kappa shape index (κ3) is 7.83. The quantitative estimate of drug-likeness (QED) is 0.475. The van der Waals surface area contributed by atoms with Crippen LogP contribution in [0.5, 0.6) is 0 Å². The lowest BCUT2D eigenvalue weighted by atomic mass is 9.84. The highest BCUT2D eigenvalue weighted by Crippen LogP contribution is 2.26. The van der Waals surface area contributed by atoms with Gasteiger partial charge in [0, 0.05) is 18.7 Å². The van der Waals surface area contributed by atoms with Crippen LogP contribution in [0.1, 0.15) is 87.5 Å². The normalized spacial score (nSPS) is 21.6. The van der Waals surface area contributed by atoms with Crippen LogP contribution in [0.3, 0.4) is 0 Å². The van der Waals surface area contributed by atoms with Crippen LogP contribution in [0.2, 0.25) is 0 Å². The Balaban J connectivity index is 3.20. The van der Waals surface area contributed by atoms with E-state index in [-0.39, 0.29) is 35.4 Å². The number of carbonyl (C=O) groups excluding carboxylic acids is 2. The summed E-state index contributed by atoms with van der Waals surface area (Å²) < 4.78 is 0. The molecule has 2 amide bonds. The average molecular weight is 466 g/mol. The Morgan fingerprint density at radius 3 is 2.24 bits per heavy atom. The van der Waals surface area contributed by atoms with Gasteiger partial charge in [0.15, 0.2) is 0 Å². The average Bonchev–Trinajstić information content (AvgIpc) is 2.77. The van der Waals surface area contributed by atoms with Crippen LogP contribution >= 0.6 is 0 Å². The van der Waals surface area contributed by atoms with E-state index in [4.69, 9.17) is 0 Å². The number of hydrogen-bond donors (Lipinski definition) is 2. The third-order valence-corrected chi connectivity index (χ3v) is 7.18. The molecule has 0 radical (unpaired) electrons. The molecule has 1 fully saturated rings. The first-order valence-corrected chi connectivity index (χ1v) is 12.5. The standard InChI is InChI=1S/C26H47N3O4/c1-10-17(3)21(16-18(4)25(32)33)28(9)24(31)22(26(6,7)8)27-23(30)20-14-12-13-15-29(20)19(5)11-2/h16-17,19-22H,10-15H2,1-9H3,(H,27,30)(H,32,33)/b18-16+/t17-,19?,20+,21+,22+/m0/s1. The van der Waals surface area contributed by atoms with Gasteiger partial charge in [-0.3, -0.25) is 14.5 Å². The summed E-state index contributed by atoms with van der Waals surface area (Å²) in [6.45, 7) is 16.6. The third-order valence-electron chi connectivity index (χ3n) is 7.18. The van der Waals surface area contributed by atoms with Crippen molar-refractivity contribution in [3.05, 3.63) is 11.6 Å². The van der Waals surface area contributed by atoms with Crippen LogP contribution in [-0.2, 0) is 14.4 Å². The van der Waals surface area contributed by atoms with Crippen molar-refractivity contribution in [3.8, 4) is 0 Å². The van der Waals surface area contributed by atoms with E-state index in [1.165, 1.54) is 0 Å². The number of nitrogens with one attached hydrogen (secondary N) is 1. The smallest absolute Gasteiger partial charge is 0.331 e. The molecule has 1 unspecified atom stereocenters. The molecular weight excluding hydrogens is 418 g/mol. The van der Waals surface area contributed by atoms with E-state index in [0.717, 1.165) is 38.6 Å². The molecule has 5 atom stereocenters. The SMILES string of the molecule is CCC(C)N1CCCC[C@@H]1C(=O)N[C@H](C(=O)N(C)[C@H](/C=C(\C)C(=O)O)[C@@H](C)CC)C(C)(C)C. The number of carboxylic acid groups (broad SMARTS) is 1. The molecule has 1 rings (SSSR count). The minimum Gasteiger partial charge on any atom is -0.478 e. The first kappa shape index (κ1) is 29.1. The van der Waals surface area contributed by atoms with Crippen LogP contribution in [0.4, 0.5) is 0 Å². The van der Waals surface area contributed by atoms with Gasteiger partial charge < -0.3 is 15.3 Å². The summed E-state index contributed by atoms with van der Waals surface area (Å²) in [7, 11) is 1.71. The lowest BCUT2D eigenvalue weighted by Gasteiger charge is -2.41. The van der Waals surface area contributed by atoms with E-state index in [9.17, 15) is 19.5 Å². The Morgan fingerprint density at radius 1 is 1.15 bits per heavy atom. The molecule has 1 heterocycles. The predicted octanol–water partition coefficient (Wildman–Crippen LogP) is 4.07. The van der Waals surface area contributed by atoms with E-state index >= 15 is 0 Å². The van der Waals surface area contributed by atoms with Crippen molar-refractivity contribution >= 4 is 17.8 Å². The van der Waals surface area contributed by atoms with Crippen LogP contribution in [0.25, 0.3) is 0 Å². The Labute approximate surface area is 201 Å². The van der Waals surface area contributed by atoms with Crippen molar-refractivity contribution in [2.75, 3.05) is 13.6 Å². The number of amides is 2. The number of rotatable bonds is 10. The summed E-state index contributed by atoms with van der Waals surface area (Å²) in [6.07, 6.45) is 6.32. The maximum Gasteiger partial charge on any atom is 0.331 e. The monoisotopic (exact) mass is 465 g/mol. The molecule has 0 bridgehead atoms. The van der Waals surface area contributed by atoms with Crippen molar-refractivity contribution in [2.24, 2.45) is 11.3 Å². The number of carbonyl (C=O) groups is 3. The molecule has 0 saturated carbocycles. The van der Waals surface area contributed by atoms with Gasteiger partial charge in [0.1, 0.15) is 6.04 Å². The highest BCUT2D eigenvalue weighted by molar-refractivity contribution is 5.91. The molecule has 33 heavy (non-hydrogen) atoms. The van der Waals surface area contributed by atoms with E-state index in [2.05, 4.69) is 24.1 Å². The van der Waals surface area contributed by atoms with Crippen LogP contribution in [0, 0.1) is 11.3 Å². The molecule has 1 aliphatic heterocycles. The van der Waals surface area contributed by atoms with E-state index in [0.29, 0.717) is 6.04 Å². The number of nitrogens with zero attached hydrogens (tertiary/aromatic N) is 2. The van der Waals surface area contributed by atoms with E-state index in [1.807, 2.05) is 34.6 Å².